The minimum atomic E-state index is -0.461. The molecule has 1 heterocycles. The fourth-order valence-electron chi connectivity index (χ4n) is 1.76. The molecular weight excluding hydrogens is 319 g/mol. The Morgan fingerprint density at radius 3 is 2.87 bits per heavy atom. The van der Waals surface area contributed by atoms with Crippen molar-refractivity contribution in [1.29, 1.82) is 5.41 Å². The Bertz CT molecular complexity index is 748. The molecule has 0 bridgehead atoms. The molecule has 0 aliphatic carbocycles. The molecule has 0 unspecified atom stereocenters. The van der Waals surface area contributed by atoms with E-state index in [-0.39, 0.29) is 17.8 Å². The van der Waals surface area contributed by atoms with E-state index in [9.17, 15) is 9.18 Å². The molecule has 118 valence electrons. The standard InChI is InChI=1S/C16H14ClFN4O/c17-14-10-12(5-7-21-14)20-8-6-15(19)22-16(23)9-11-3-1-2-4-13(11)18/h1-8,10H,9H2,(H,20,21)(H2,19,22,23)/b8-6-. The Kier molecular flexibility index (Phi) is 5.82. The fraction of sp³-hybridized carbons (Fsp3) is 0.0625. The minimum absolute atomic E-state index is 0.112. The molecule has 1 aromatic carbocycles. The molecule has 23 heavy (non-hydrogen) atoms. The zero-order valence-electron chi connectivity index (χ0n) is 12.0. The zero-order chi connectivity index (χ0) is 16.7. The van der Waals surface area contributed by atoms with E-state index in [1.807, 2.05) is 0 Å². The monoisotopic (exact) mass is 332 g/mol. The molecule has 0 saturated heterocycles. The van der Waals surface area contributed by atoms with E-state index in [0.29, 0.717) is 10.8 Å². The highest BCUT2D eigenvalue weighted by Gasteiger charge is 2.08. The van der Waals surface area contributed by atoms with Gasteiger partial charge in [-0.2, -0.15) is 0 Å². The Morgan fingerprint density at radius 2 is 2.13 bits per heavy atom. The van der Waals surface area contributed by atoms with Gasteiger partial charge in [0.25, 0.3) is 0 Å². The molecule has 0 aliphatic rings. The van der Waals surface area contributed by atoms with Crippen molar-refractivity contribution < 1.29 is 9.18 Å². The molecule has 7 heteroatoms. The van der Waals surface area contributed by atoms with Gasteiger partial charge in [-0.3, -0.25) is 10.2 Å². The summed E-state index contributed by atoms with van der Waals surface area (Å²) in [5.74, 6) is -1.02. The highest BCUT2D eigenvalue weighted by Crippen LogP contribution is 2.11. The number of rotatable bonds is 5. The maximum Gasteiger partial charge on any atom is 0.230 e. The minimum Gasteiger partial charge on any atom is -0.361 e. The topological polar surface area (TPSA) is 77.9 Å². The summed E-state index contributed by atoms with van der Waals surface area (Å²) >= 11 is 5.74. The van der Waals surface area contributed by atoms with Crippen LogP contribution in [0.3, 0.4) is 0 Å². The highest BCUT2D eigenvalue weighted by molar-refractivity contribution is 6.29. The van der Waals surface area contributed by atoms with Crippen molar-refractivity contribution in [2.24, 2.45) is 0 Å². The van der Waals surface area contributed by atoms with Crippen molar-refractivity contribution in [3.8, 4) is 0 Å². The van der Waals surface area contributed by atoms with Crippen LogP contribution in [0, 0.1) is 11.2 Å². The zero-order valence-corrected chi connectivity index (χ0v) is 12.8. The molecule has 2 aromatic rings. The lowest BCUT2D eigenvalue weighted by molar-refractivity contribution is -0.119. The Morgan fingerprint density at radius 1 is 1.35 bits per heavy atom. The Labute approximate surface area is 137 Å². The van der Waals surface area contributed by atoms with Crippen molar-refractivity contribution in [1.82, 2.24) is 10.3 Å². The summed E-state index contributed by atoms with van der Waals surface area (Å²) in [6, 6.07) is 9.35. The number of anilines is 1. The number of aromatic nitrogens is 1. The molecule has 0 saturated carbocycles. The second-order valence-corrected chi connectivity index (χ2v) is 4.96. The maximum absolute atomic E-state index is 13.4. The third-order valence-corrected chi connectivity index (χ3v) is 3.02. The molecule has 0 radical (unpaired) electrons. The van der Waals surface area contributed by atoms with Crippen LogP contribution in [0.5, 0.6) is 0 Å². The predicted octanol–water partition coefficient (Wildman–Crippen LogP) is 3.14. The maximum atomic E-state index is 13.4. The summed E-state index contributed by atoms with van der Waals surface area (Å²) in [5, 5.41) is 13.3. The molecule has 0 fully saturated rings. The largest absolute Gasteiger partial charge is 0.361 e. The van der Waals surface area contributed by atoms with Gasteiger partial charge < -0.3 is 10.6 Å². The summed E-state index contributed by atoms with van der Waals surface area (Å²) in [6.07, 6.45) is 4.27. The van der Waals surface area contributed by atoms with Gasteiger partial charge in [0, 0.05) is 18.1 Å². The summed E-state index contributed by atoms with van der Waals surface area (Å²) in [7, 11) is 0. The van der Waals surface area contributed by atoms with Gasteiger partial charge in [-0.1, -0.05) is 29.8 Å². The third-order valence-electron chi connectivity index (χ3n) is 2.81. The third kappa shape index (κ3) is 5.52. The lowest BCUT2D eigenvalue weighted by atomic mass is 10.1. The van der Waals surface area contributed by atoms with Crippen LogP contribution in [0.25, 0.3) is 0 Å². The van der Waals surface area contributed by atoms with Crippen molar-refractivity contribution in [2.75, 3.05) is 5.32 Å². The fourth-order valence-corrected chi connectivity index (χ4v) is 1.94. The summed E-state index contributed by atoms with van der Waals surface area (Å²) < 4.78 is 13.4. The lowest BCUT2D eigenvalue weighted by Crippen LogP contribution is -2.30. The van der Waals surface area contributed by atoms with Crippen LogP contribution in [-0.4, -0.2) is 16.7 Å². The second kappa shape index (κ2) is 8.05. The number of hydrogen-bond acceptors (Lipinski definition) is 4. The van der Waals surface area contributed by atoms with Crippen LogP contribution in [0.4, 0.5) is 10.1 Å². The first-order chi connectivity index (χ1) is 11.0. The van der Waals surface area contributed by atoms with E-state index in [1.54, 1.807) is 30.5 Å². The van der Waals surface area contributed by atoms with Gasteiger partial charge in [0.2, 0.25) is 5.91 Å². The van der Waals surface area contributed by atoms with Gasteiger partial charge >= 0.3 is 0 Å². The number of amidine groups is 1. The summed E-state index contributed by atoms with van der Waals surface area (Å²) in [6.45, 7) is 0. The van der Waals surface area contributed by atoms with Gasteiger partial charge in [0.15, 0.2) is 0 Å². The van der Waals surface area contributed by atoms with Crippen molar-refractivity contribution >= 4 is 29.0 Å². The van der Waals surface area contributed by atoms with Crippen LogP contribution in [0.1, 0.15) is 5.56 Å². The van der Waals surface area contributed by atoms with Crippen LogP contribution in [0.2, 0.25) is 5.15 Å². The number of hydrogen-bond donors (Lipinski definition) is 3. The predicted molar refractivity (Wildman–Crippen MR) is 88.0 cm³/mol. The SMILES string of the molecule is N=C(/C=C\Nc1ccnc(Cl)c1)NC(=O)Cc1ccccc1F. The number of nitrogens with zero attached hydrogens (tertiary/aromatic N) is 1. The van der Waals surface area contributed by atoms with E-state index in [2.05, 4.69) is 15.6 Å². The Balaban J connectivity index is 1.83. The molecule has 2 rings (SSSR count). The molecule has 3 N–H and O–H groups in total. The van der Waals surface area contributed by atoms with E-state index in [0.717, 1.165) is 0 Å². The van der Waals surface area contributed by atoms with Crippen molar-refractivity contribution in [2.45, 2.75) is 6.42 Å². The number of halogens is 2. The molecule has 0 aliphatic heterocycles. The number of carbonyl (C=O) groups excluding carboxylic acids is 1. The average molecular weight is 333 g/mol. The smallest absolute Gasteiger partial charge is 0.230 e. The van der Waals surface area contributed by atoms with Crippen LogP contribution in [0.15, 0.2) is 54.9 Å². The molecule has 0 spiro atoms. The highest BCUT2D eigenvalue weighted by atomic mass is 35.5. The Hall–Kier alpha value is -2.73. The molecular formula is C16H14ClFN4O. The van der Waals surface area contributed by atoms with E-state index < -0.39 is 11.7 Å². The number of nitrogens with one attached hydrogen (secondary N) is 3. The van der Waals surface area contributed by atoms with Gasteiger partial charge in [0.1, 0.15) is 16.8 Å². The normalized spacial score (nSPS) is 10.5. The van der Waals surface area contributed by atoms with Gasteiger partial charge in [-0.25, -0.2) is 9.37 Å². The van der Waals surface area contributed by atoms with Crippen molar-refractivity contribution in [3.05, 3.63) is 71.4 Å². The number of benzene rings is 1. The van der Waals surface area contributed by atoms with Crippen LogP contribution < -0.4 is 10.6 Å². The lowest BCUT2D eigenvalue weighted by Gasteiger charge is -2.05. The first-order valence-corrected chi connectivity index (χ1v) is 7.09. The van der Waals surface area contributed by atoms with E-state index >= 15 is 0 Å². The van der Waals surface area contributed by atoms with Gasteiger partial charge in [-0.05, 0) is 29.8 Å². The number of carbonyl (C=O) groups is 1. The van der Waals surface area contributed by atoms with E-state index in [4.69, 9.17) is 17.0 Å². The quantitative estimate of drug-likeness (QED) is 0.447. The van der Waals surface area contributed by atoms with E-state index in [1.165, 1.54) is 24.4 Å². The average Bonchev–Trinajstić information content (AvgIpc) is 2.49. The summed E-state index contributed by atoms with van der Waals surface area (Å²) in [4.78, 5) is 15.6. The first-order valence-electron chi connectivity index (χ1n) is 6.71. The molecule has 0 atom stereocenters. The molecule has 1 aromatic heterocycles. The van der Waals surface area contributed by atoms with Gasteiger partial charge in [-0.15, -0.1) is 0 Å². The van der Waals surface area contributed by atoms with Gasteiger partial charge in [0.05, 0.1) is 6.42 Å². The van der Waals surface area contributed by atoms with Crippen LogP contribution in [-0.2, 0) is 11.2 Å². The molecule has 1 amide bonds. The van der Waals surface area contributed by atoms with Crippen molar-refractivity contribution in [3.63, 3.8) is 0 Å². The first kappa shape index (κ1) is 16.6. The van der Waals surface area contributed by atoms with Crippen LogP contribution >= 0.6 is 11.6 Å². The number of pyridine rings is 1. The summed E-state index contributed by atoms with van der Waals surface area (Å²) in [5.41, 5.74) is 0.984. The number of amides is 1. The molecule has 5 nitrogen and oxygen atoms in total. The second-order valence-electron chi connectivity index (χ2n) is 4.57.